The quantitative estimate of drug-likeness (QED) is 0.490. The van der Waals surface area contributed by atoms with Crippen molar-refractivity contribution in [2.45, 2.75) is 6.18 Å². The molecule has 0 bridgehead atoms. The van der Waals surface area contributed by atoms with Gasteiger partial charge >= 0.3 is 6.18 Å². The van der Waals surface area contributed by atoms with Crippen molar-refractivity contribution in [2.75, 3.05) is 20.1 Å². The number of likely N-dealkylation sites (N-methyl/N-ethyl adjacent to an activating group) is 1. The summed E-state index contributed by atoms with van der Waals surface area (Å²) >= 11 is 0. The van der Waals surface area contributed by atoms with Crippen LogP contribution in [0.3, 0.4) is 0 Å². The van der Waals surface area contributed by atoms with Gasteiger partial charge in [0.15, 0.2) is 0 Å². The smallest absolute Gasteiger partial charge is 0.351 e. The summed E-state index contributed by atoms with van der Waals surface area (Å²) in [7, 11) is 1.65. The van der Waals surface area contributed by atoms with Crippen LogP contribution in [0.25, 0.3) is 0 Å². The topological polar surface area (TPSA) is 84.3 Å². The maximum atomic E-state index is 12.5. The van der Waals surface area contributed by atoms with E-state index in [0.717, 1.165) is 6.07 Å². The second-order valence-corrected chi connectivity index (χ2v) is 3.85. The molecular formula is C11H12F3N3O3. The molecule has 0 saturated carbocycles. The molecule has 0 fully saturated rings. The number of nitrogens with zero attached hydrogens (tertiary/aromatic N) is 1. The molecule has 0 atom stereocenters. The summed E-state index contributed by atoms with van der Waals surface area (Å²) in [5.41, 5.74) is -2.45. The van der Waals surface area contributed by atoms with E-state index >= 15 is 0 Å². The number of rotatable bonds is 5. The summed E-state index contributed by atoms with van der Waals surface area (Å²) in [4.78, 5) is 21.5. The summed E-state index contributed by atoms with van der Waals surface area (Å²) < 4.78 is 37.4. The molecule has 1 amide bonds. The Labute approximate surface area is 112 Å². The lowest BCUT2D eigenvalue weighted by molar-refractivity contribution is -0.385. The van der Waals surface area contributed by atoms with Crippen LogP contribution in [-0.4, -0.2) is 31.0 Å². The zero-order chi connectivity index (χ0) is 15.3. The Balaban J connectivity index is 3.08. The van der Waals surface area contributed by atoms with Crippen molar-refractivity contribution in [2.24, 2.45) is 0 Å². The first-order chi connectivity index (χ1) is 9.27. The zero-order valence-corrected chi connectivity index (χ0v) is 10.5. The first-order valence-corrected chi connectivity index (χ1v) is 5.55. The average Bonchev–Trinajstić information content (AvgIpc) is 2.37. The van der Waals surface area contributed by atoms with E-state index in [1.807, 2.05) is 0 Å². The van der Waals surface area contributed by atoms with Gasteiger partial charge in [0.2, 0.25) is 0 Å². The molecule has 9 heteroatoms. The van der Waals surface area contributed by atoms with Crippen LogP contribution in [0.4, 0.5) is 18.9 Å². The van der Waals surface area contributed by atoms with Gasteiger partial charge in [-0.15, -0.1) is 0 Å². The Morgan fingerprint density at radius 2 is 2.00 bits per heavy atom. The van der Waals surface area contributed by atoms with E-state index in [0.29, 0.717) is 18.7 Å². The van der Waals surface area contributed by atoms with E-state index in [2.05, 4.69) is 10.6 Å². The fourth-order valence-electron chi connectivity index (χ4n) is 1.45. The van der Waals surface area contributed by atoms with Crippen LogP contribution < -0.4 is 10.6 Å². The number of amides is 1. The first-order valence-electron chi connectivity index (χ1n) is 5.55. The number of nitrogens with one attached hydrogen (secondary N) is 2. The number of nitro benzene ring substituents is 1. The summed E-state index contributed by atoms with van der Waals surface area (Å²) in [6.07, 6.45) is -4.70. The number of hydrogen-bond acceptors (Lipinski definition) is 4. The summed E-state index contributed by atoms with van der Waals surface area (Å²) in [5, 5.41) is 15.9. The Morgan fingerprint density at radius 1 is 1.35 bits per heavy atom. The van der Waals surface area contributed by atoms with Gasteiger partial charge in [-0.1, -0.05) is 0 Å². The van der Waals surface area contributed by atoms with Gasteiger partial charge in [0.25, 0.3) is 11.6 Å². The Morgan fingerprint density at radius 3 is 2.50 bits per heavy atom. The van der Waals surface area contributed by atoms with Crippen LogP contribution in [0.15, 0.2) is 18.2 Å². The molecule has 0 aliphatic heterocycles. The molecule has 1 rings (SSSR count). The first kappa shape index (κ1) is 15.9. The van der Waals surface area contributed by atoms with E-state index in [1.165, 1.54) is 0 Å². The van der Waals surface area contributed by atoms with Crippen LogP contribution >= 0.6 is 0 Å². The third-order valence-electron chi connectivity index (χ3n) is 2.43. The van der Waals surface area contributed by atoms with E-state index in [1.54, 1.807) is 7.05 Å². The molecule has 0 radical (unpaired) electrons. The minimum Gasteiger partial charge on any atom is -0.351 e. The van der Waals surface area contributed by atoms with Crippen LogP contribution in [0, 0.1) is 10.1 Å². The normalized spacial score (nSPS) is 11.2. The van der Waals surface area contributed by atoms with E-state index in [-0.39, 0.29) is 6.54 Å². The molecule has 6 nitrogen and oxygen atoms in total. The number of carbonyl (C=O) groups excluding carboxylic acids is 1. The molecule has 0 saturated heterocycles. The van der Waals surface area contributed by atoms with Gasteiger partial charge in [0, 0.05) is 19.2 Å². The molecule has 2 N–H and O–H groups in total. The van der Waals surface area contributed by atoms with Crippen molar-refractivity contribution in [3.8, 4) is 0 Å². The number of carbonyl (C=O) groups is 1. The standard InChI is InChI=1S/C11H12F3N3O3/c1-15-4-5-16-10(18)8-3-2-7(11(12,13)14)6-9(8)17(19)20/h2-3,6,15H,4-5H2,1H3,(H,16,18). The maximum absolute atomic E-state index is 12.5. The monoisotopic (exact) mass is 291 g/mol. The molecule has 0 aliphatic carbocycles. The van der Waals surface area contributed by atoms with Gasteiger partial charge in [-0.2, -0.15) is 13.2 Å². The van der Waals surface area contributed by atoms with Crippen molar-refractivity contribution < 1.29 is 22.9 Å². The molecular weight excluding hydrogens is 279 g/mol. The Kier molecular flexibility index (Phi) is 5.03. The highest BCUT2D eigenvalue weighted by Crippen LogP contribution is 2.32. The number of nitro groups is 1. The highest BCUT2D eigenvalue weighted by Gasteiger charge is 2.33. The van der Waals surface area contributed by atoms with Gasteiger partial charge < -0.3 is 10.6 Å². The Bertz CT molecular complexity index is 517. The third kappa shape index (κ3) is 3.92. The van der Waals surface area contributed by atoms with Gasteiger partial charge in [0.1, 0.15) is 5.56 Å². The molecule has 0 heterocycles. The largest absolute Gasteiger partial charge is 0.416 e. The highest BCUT2D eigenvalue weighted by atomic mass is 19.4. The van der Waals surface area contributed by atoms with E-state index < -0.39 is 33.8 Å². The van der Waals surface area contributed by atoms with Gasteiger partial charge in [-0.05, 0) is 19.2 Å². The van der Waals surface area contributed by atoms with Crippen LogP contribution in [-0.2, 0) is 6.18 Å². The zero-order valence-electron chi connectivity index (χ0n) is 10.5. The lowest BCUT2D eigenvalue weighted by Crippen LogP contribution is -2.30. The molecule has 0 spiro atoms. The predicted molar refractivity (Wildman–Crippen MR) is 64.4 cm³/mol. The summed E-state index contributed by atoms with van der Waals surface area (Å²) in [5.74, 6) is -0.791. The number of halogens is 3. The van der Waals surface area contributed by atoms with Crippen LogP contribution in [0.1, 0.15) is 15.9 Å². The van der Waals surface area contributed by atoms with Crippen molar-refractivity contribution in [1.29, 1.82) is 0 Å². The molecule has 20 heavy (non-hydrogen) atoms. The SMILES string of the molecule is CNCCNC(=O)c1ccc(C(F)(F)F)cc1[N+](=O)[O-]. The van der Waals surface area contributed by atoms with E-state index in [4.69, 9.17) is 0 Å². The number of benzene rings is 1. The lowest BCUT2D eigenvalue weighted by Gasteiger charge is -2.09. The van der Waals surface area contributed by atoms with Crippen molar-refractivity contribution in [1.82, 2.24) is 10.6 Å². The van der Waals surface area contributed by atoms with Crippen molar-refractivity contribution >= 4 is 11.6 Å². The summed E-state index contributed by atoms with van der Waals surface area (Å²) in [6, 6.07) is 1.79. The van der Waals surface area contributed by atoms with Gasteiger partial charge in [0.05, 0.1) is 10.5 Å². The van der Waals surface area contributed by atoms with Crippen LogP contribution in [0.2, 0.25) is 0 Å². The fourth-order valence-corrected chi connectivity index (χ4v) is 1.45. The van der Waals surface area contributed by atoms with Gasteiger partial charge in [-0.25, -0.2) is 0 Å². The lowest BCUT2D eigenvalue weighted by atomic mass is 10.1. The molecule has 1 aromatic carbocycles. The van der Waals surface area contributed by atoms with E-state index in [9.17, 15) is 28.1 Å². The maximum Gasteiger partial charge on any atom is 0.416 e. The number of alkyl halides is 3. The Hall–Kier alpha value is -2.16. The predicted octanol–water partition coefficient (Wildman–Crippen LogP) is 1.56. The van der Waals surface area contributed by atoms with Crippen molar-refractivity contribution in [3.63, 3.8) is 0 Å². The molecule has 0 aliphatic rings. The summed E-state index contributed by atoms with van der Waals surface area (Å²) in [6.45, 7) is 0.633. The highest BCUT2D eigenvalue weighted by molar-refractivity contribution is 5.98. The third-order valence-corrected chi connectivity index (χ3v) is 2.43. The van der Waals surface area contributed by atoms with Crippen LogP contribution in [0.5, 0.6) is 0 Å². The molecule has 110 valence electrons. The second kappa shape index (κ2) is 6.33. The molecule has 0 unspecified atom stereocenters. The minimum absolute atomic E-state index is 0.202. The minimum atomic E-state index is -4.70. The molecule has 0 aromatic heterocycles. The second-order valence-electron chi connectivity index (χ2n) is 3.85. The number of hydrogen-bond donors (Lipinski definition) is 2. The van der Waals surface area contributed by atoms with Crippen molar-refractivity contribution in [3.05, 3.63) is 39.4 Å². The molecule has 1 aromatic rings. The average molecular weight is 291 g/mol. The van der Waals surface area contributed by atoms with Gasteiger partial charge in [-0.3, -0.25) is 14.9 Å². The fraction of sp³-hybridized carbons (Fsp3) is 0.364.